The van der Waals surface area contributed by atoms with Crippen LogP contribution in [0.5, 0.6) is 0 Å². The molecule has 2 aliphatic heterocycles. The summed E-state index contributed by atoms with van der Waals surface area (Å²) in [5.74, 6) is -0.159. The Kier molecular flexibility index (Phi) is 5.79. The normalized spacial score (nSPS) is 19.1. The topological polar surface area (TPSA) is 14.7 Å². The molecule has 0 spiro atoms. The van der Waals surface area contributed by atoms with Gasteiger partial charge in [0, 0.05) is 57.3 Å². The molecular formula is C22H31FN4. The molecule has 146 valence electrons. The largest absolute Gasteiger partial charge is 0.369 e. The Morgan fingerprint density at radius 3 is 2.41 bits per heavy atom. The highest BCUT2D eigenvalue weighted by molar-refractivity contribution is 5.46. The van der Waals surface area contributed by atoms with Crippen molar-refractivity contribution in [1.29, 1.82) is 0 Å². The van der Waals surface area contributed by atoms with E-state index < -0.39 is 0 Å². The minimum absolute atomic E-state index is 0.159. The Hall–Kier alpha value is -1.85. The summed E-state index contributed by atoms with van der Waals surface area (Å²) in [6.07, 6.45) is 5.91. The lowest BCUT2D eigenvalue weighted by atomic mass is 10.2. The lowest BCUT2D eigenvalue weighted by Crippen LogP contribution is -2.47. The van der Waals surface area contributed by atoms with Gasteiger partial charge in [0.05, 0.1) is 0 Å². The highest BCUT2D eigenvalue weighted by Gasteiger charge is 2.19. The van der Waals surface area contributed by atoms with Gasteiger partial charge in [0.2, 0.25) is 0 Å². The minimum Gasteiger partial charge on any atom is -0.369 e. The van der Waals surface area contributed by atoms with Crippen molar-refractivity contribution in [2.45, 2.75) is 25.8 Å². The molecule has 3 heterocycles. The molecule has 1 aromatic carbocycles. The summed E-state index contributed by atoms with van der Waals surface area (Å²) in [4.78, 5) is 7.56. The monoisotopic (exact) mass is 370 g/mol. The Balaban J connectivity index is 1.20. The molecule has 1 aromatic heterocycles. The van der Waals surface area contributed by atoms with Gasteiger partial charge in [-0.2, -0.15) is 0 Å². The highest BCUT2D eigenvalue weighted by Crippen LogP contribution is 2.20. The van der Waals surface area contributed by atoms with Gasteiger partial charge in [-0.1, -0.05) is 0 Å². The fourth-order valence-electron chi connectivity index (χ4n) is 4.48. The summed E-state index contributed by atoms with van der Waals surface area (Å²) < 4.78 is 15.4. The Labute approximate surface area is 162 Å². The lowest BCUT2D eigenvalue weighted by Gasteiger charge is -2.36. The van der Waals surface area contributed by atoms with E-state index in [1.165, 1.54) is 50.2 Å². The van der Waals surface area contributed by atoms with Crippen molar-refractivity contribution >= 4 is 5.69 Å². The van der Waals surface area contributed by atoms with Crippen molar-refractivity contribution in [3.05, 3.63) is 53.6 Å². The van der Waals surface area contributed by atoms with E-state index in [1.807, 2.05) is 12.1 Å². The summed E-state index contributed by atoms with van der Waals surface area (Å²) in [6.45, 7) is 8.94. The first kappa shape index (κ1) is 18.5. The minimum atomic E-state index is -0.159. The van der Waals surface area contributed by atoms with Gasteiger partial charge in [0.25, 0.3) is 0 Å². The van der Waals surface area contributed by atoms with Gasteiger partial charge in [-0.25, -0.2) is 4.39 Å². The van der Waals surface area contributed by atoms with Crippen LogP contribution in [0.15, 0.2) is 36.5 Å². The summed E-state index contributed by atoms with van der Waals surface area (Å²) in [6, 6.07) is 9.19. The number of hydrogen-bond donors (Lipinski definition) is 0. The Morgan fingerprint density at radius 1 is 0.889 bits per heavy atom. The SMILES string of the molecule is Cn1ccc2c1CCCN(CCCN1CCN(c3ccc(F)cc3)CC1)C2. The van der Waals surface area contributed by atoms with Crippen LogP contribution in [-0.4, -0.2) is 60.2 Å². The van der Waals surface area contributed by atoms with E-state index >= 15 is 0 Å². The van der Waals surface area contributed by atoms with E-state index in [9.17, 15) is 4.39 Å². The molecule has 4 nitrogen and oxygen atoms in total. The van der Waals surface area contributed by atoms with Crippen LogP contribution >= 0.6 is 0 Å². The van der Waals surface area contributed by atoms with Crippen LogP contribution in [0.2, 0.25) is 0 Å². The van der Waals surface area contributed by atoms with E-state index in [1.54, 1.807) is 12.1 Å². The van der Waals surface area contributed by atoms with Crippen LogP contribution in [0.25, 0.3) is 0 Å². The molecule has 1 fully saturated rings. The fraction of sp³-hybridized carbons (Fsp3) is 0.545. The molecule has 1 saturated heterocycles. The Morgan fingerprint density at radius 2 is 1.63 bits per heavy atom. The van der Waals surface area contributed by atoms with Crippen LogP contribution < -0.4 is 4.90 Å². The van der Waals surface area contributed by atoms with Gasteiger partial charge in [0.1, 0.15) is 5.82 Å². The van der Waals surface area contributed by atoms with Crippen molar-refractivity contribution in [1.82, 2.24) is 14.4 Å². The third-order valence-corrected chi connectivity index (χ3v) is 6.09. The maximum Gasteiger partial charge on any atom is 0.123 e. The van der Waals surface area contributed by atoms with Crippen molar-refractivity contribution < 1.29 is 4.39 Å². The number of aryl methyl sites for hydroxylation is 1. The molecule has 0 N–H and O–H groups in total. The standard InChI is InChI=1S/C22H31FN4/c1-24-13-9-19-18-26(10-2-4-22(19)24)12-3-11-25-14-16-27(17-15-25)21-7-5-20(23)6-8-21/h5-9,13H,2-4,10-12,14-18H2,1H3. The maximum atomic E-state index is 13.1. The molecule has 0 saturated carbocycles. The first-order chi connectivity index (χ1) is 13.2. The molecule has 0 bridgehead atoms. The number of aromatic nitrogens is 1. The molecule has 0 atom stereocenters. The number of rotatable bonds is 5. The number of hydrogen-bond acceptors (Lipinski definition) is 3. The molecule has 0 radical (unpaired) electrons. The van der Waals surface area contributed by atoms with E-state index in [0.29, 0.717) is 0 Å². The molecule has 0 aliphatic carbocycles. The van der Waals surface area contributed by atoms with Crippen LogP contribution in [-0.2, 0) is 20.0 Å². The van der Waals surface area contributed by atoms with Crippen molar-refractivity contribution in [2.75, 3.05) is 50.7 Å². The predicted molar refractivity (Wildman–Crippen MR) is 109 cm³/mol. The van der Waals surface area contributed by atoms with E-state index in [0.717, 1.165) is 38.4 Å². The van der Waals surface area contributed by atoms with Crippen molar-refractivity contribution in [3.63, 3.8) is 0 Å². The predicted octanol–water partition coefficient (Wildman–Crippen LogP) is 3.12. The number of anilines is 1. The second-order valence-electron chi connectivity index (χ2n) is 7.94. The summed E-state index contributed by atoms with van der Waals surface area (Å²) in [5, 5.41) is 0. The second kappa shape index (κ2) is 8.44. The van der Waals surface area contributed by atoms with Gasteiger partial charge >= 0.3 is 0 Å². The molecule has 5 heteroatoms. The zero-order chi connectivity index (χ0) is 18.6. The molecule has 4 rings (SSSR count). The first-order valence-corrected chi connectivity index (χ1v) is 10.3. The van der Waals surface area contributed by atoms with Crippen molar-refractivity contribution in [3.8, 4) is 0 Å². The first-order valence-electron chi connectivity index (χ1n) is 10.3. The summed E-state index contributed by atoms with van der Waals surface area (Å²) in [7, 11) is 2.17. The molecule has 2 aromatic rings. The summed E-state index contributed by atoms with van der Waals surface area (Å²) in [5.41, 5.74) is 4.18. The molecule has 2 aliphatic rings. The third-order valence-electron chi connectivity index (χ3n) is 6.09. The second-order valence-corrected chi connectivity index (χ2v) is 7.94. The molecule has 0 amide bonds. The quantitative estimate of drug-likeness (QED) is 0.804. The number of fused-ring (bicyclic) bond motifs is 1. The molecule has 0 unspecified atom stereocenters. The van der Waals surface area contributed by atoms with Crippen molar-refractivity contribution in [2.24, 2.45) is 7.05 Å². The average molecular weight is 371 g/mol. The van der Waals surface area contributed by atoms with Crippen LogP contribution in [0, 0.1) is 5.82 Å². The number of piperazine rings is 1. The zero-order valence-electron chi connectivity index (χ0n) is 16.4. The summed E-state index contributed by atoms with van der Waals surface area (Å²) >= 11 is 0. The van der Waals surface area contributed by atoms with Crippen LogP contribution in [0.1, 0.15) is 24.1 Å². The zero-order valence-corrected chi connectivity index (χ0v) is 16.4. The van der Waals surface area contributed by atoms with Gasteiger partial charge in [-0.05, 0) is 74.8 Å². The van der Waals surface area contributed by atoms with Crippen LogP contribution in [0.3, 0.4) is 0 Å². The lowest BCUT2D eigenvalue weighted by molar-refractivity contribution is 0.216. The number of nitrogens with zero attached hydrogens (tertiary/aromatic N) is 4. The van der Waals surface area contributed by atoms with Crippen LogP contribution in [0.4, 0.5) is 10.1 Å². The van der Waals surface area contributed by atoms with E-state index in [4.69, 9.17) is 0 Å². The van der Waals surface area contributed by atoms with Gasteiger partial charge in [-0.3, -0.25) is 9.80 Å². The highest BCUT2D eigenvalue weighted by atomic mass is 19.1. The van der Waals surface area contributed by atoms with Gasteiger partial charge in [0.15, 0.2) is 0 Å². The van der Waals surface area contributed by atoms with Gasteiger partial charge < -0.3 is 9.47 Å². The number of halogens is 1. The fourth-order valence-corrected chi connectivity index (χ4v) is 4.48. The van der Waals surface area contributed by atoms with Gasteiger partial charge in [-0.15, -0.1) is 0 Å². The maximum absolute atomic E-state index is 13.1. The van der Waals surface area contributed by atoms with E-state index in [2.05, 4.69) is 38.6 Å². The smallest absolute Gasteiger partial charge is 0.123 e. The van der Waals surface area contributed by atoms with E-state index in [-0.39, 0.29) is 5.82 Å². The Bertz CT molecular complexity index is 731. The third kappa shape index (κ3) is 4.53. The molecule has 27 heavy (non-hydrogen) atoms. The number of benzene rings is 1. The average Bonchev–Trinajstić information content (AvgIpc) is 2.90. The molecular weight excluding hydrogens is 339 g/mol.